The van der Waals surface area contributed by atoms with E-state index in [1.165, 1.54) is 6.07 Å². The largest absolute Gasteiger partial charge is 0.313 e. The van der Waals surface area contributed by atoms with Gasteiger partial charge in [-0.25, -0.2) is 4.39 Å². The van der Waals surface area contributed by atoms with Crippen LogP contribution in [0.1, 0.15) is 24.5 Å². The molecule has 1 N–H and O–H groups in total. The van der Waals surface area contributed by atoms with E-state index >= 15 is 0 Å². The van der Waals surface area contributed by atoms with Crippen LogP contribution in [0.2, 0.25) is 10.0 Å². The quantitative estimate of drug-likeness (QED) is 0.705. The van der Waals surface area contributed by atoms with Gasteiger partial charge in [-0.3, -0.25) is 0 Å². The van der Waals surface area contributed by atoms with E-state index in [4.69, 9.17) is 23.2 Å². The number of rotatable bonds is 5. The first-order chi connectivity index (χ1) is 10.0. The van der Waals surface area contributed by atoms with Gasteiger partial charge < -0.3 is 5.32 Å². The van der Waals surface area contributed by atoms with Crippen molar-refractivity contribution in [1.82, 2.24) is 5.32 Å². The summed E-state index contributed by atoms with van der Waals surface area (Å²) in [4.78, 5) is 0. The molecule has 4 heteroatoms. The summed E-state index contributed by atoms with van der Waals surface area (Å²) in [5, 5.41) is 4.40. The predicted molar refractivity (Wildman–Crippen MR) is 88.6 cm³/mol. The topological polar surface area (TPSA) is 12.0 Å². The summed E-state index contributed by atoms with van der Waals surface area (Å²) in [7, 11) is 0. The first-order valence-electron chi connectivity index (χ1n) is 6.98. The van der Waals surface area contributed by atoms with Crippen LogP contribution in [0, 0.1) is 12.7 Å². The zero-order chi connectivity index (χ0) is 15.4. The molecule has 21 heavy (non-hydrogen) atoms. The number of benzene rings is 2. The van der Waals surface area contributed by atoms with Gasteiger partial charge in [0, 0.05) is 17.1 Å². The fraction of sp³-hybridized carbons (Fsp3) is 0.294. The van der Waals surface area contributed by atoms with Crippen molar-refractivity contribution in [3.63, 3.8) is 0 Å². The van der Waals surface area contributed by atoms with Crippen LogP contribution in [0.4, 0.5) is 4.39 Å². The van der Waals surface area contributed by atoms with Crippen LogP contribution >= 0.6 is 23.2 Å². The number of halogens is 3. The van der Waals surface area contributed by atoms with Crippen LogP contribution in [0.3, 0.4) is 0 Å². The third-order valence-corrected chi connectivity index (χ3v) is 4.02. The van der Waals surface area contributed by atoms with Crippen molar-refractivity contribution in [2.75, 3.05) is 6.54 Å². The van der Waals surface area contributed by atoms with E-state index in [1.807, 2.05) is 18.2 Å². The van der Waals surface area contributed by atoms with Gasteiger partial charge in [-0.2, -0.15) is 0 Å². The van der Waals surface area contributed by atoms with Crippen LogP contribution in [0.25, 0.3) is 11.1 Å². The Hall–Kier alpha value is -1.09. The van der Waals surface area contributed by atoms with Crippen molar-refractivity contribution >= 4 is 23.2 Å². The molecule has 0 saturated heterocycles. The number of hydrogen-bond donors (Lipinski definition) is 1. The number of hydrogen-bond acceptors (Lipinski definition) is 1. The lowest BCUT2D eigenvalue weighted by Crippen LogP contribution is -2.13. The highest BCUT2D eigenvalue weighted by Gasteiger charge is 2.10. The summed E-state index contributed by atoms with van der Waals surface area (Å²) in [5.41, 5.74) is 3.31. The van der Waals surface area contributed by atoms with E-state index in [0.717, 1.165) is 36.2 Å². The molecule has 0 fully saturated rings. The second-order valence-corrected chi connectivity index (χ2v) is 5.88. The predicted octanol–water partition coefficient (Wildman–Crippen LogP) is 5.61. The van der Waals surface area contributed by atoms with E-state index in [0.29, 0.717) is 15.6 Å². The van der Waals surface area contributed by atoms with Crippen molar-refractivity contribution in [2.45, 2.75) is 26.8 Å². The number of nitrogens with one attached hydrogen (secondary N) is 1. The maximum atomic E-state index is 13.5. The molecule has 0 aliphatic rings. The summed E-state index contributed by atoms with van der Waals surface area (Å²) >= 11 is 12.5. The molecular formula is C17H18Cl2FN. The Labute approximate surface area is 135 Å². The van der Waals surface area contributed by atoms with Gasteiger partial charge in [-0.05, 0) is 54.8 Å². The first kappa shape index (κ1) is 16.3. The zero-order valence-corrected chi connectivity index (χ0v) is 13.7. The Morgan fingerprint density at radius 3 is 2.52 bits per heavy atom. The smallest absolute Gasteiger partial charge is 0.127 e. The second-order valence-electron chi connectivity index (χ2n) is 5.06. The number of aryl methyl sites for hydroxylation is 1. The van der Waals surface area contributed by atoms with Crippen LogP contribution in [0.5, 0.6) is 0 Å². The fourth-order valence-corrected chi connectivity index (χ4v) is 2.64. The summed E-state index contributed by atoms with van der Waals surface area (Å²) < 4.78 is 13.5. The lowest BCUT2D eigenvalue weighted by atomic mass is 10.0. The third kappa shape index (κ3) is 3.97. The van der Waals surface area contributed by atoms with Gasteiger partial charge in [0.1, 0.15) is 5.82 Å². The Bertz CT molecular complexity index is 641. The lowest BCUT2D eigenvalue weighted by Gasteiger charge is -2.11. The SMILES string of the molecule is CCCNCc1ccc(-c2cc(C)c(F)cc2Cl)cc1Cl. The maximum Gasteiger partial charge on any atom is 0.127 e. The van der Waals surface area contributed by atoms with Gasteiger partial charge in [-0.15, -0.1) is 0 Å². The van der Waals surface area contributed by atoms with E-state index in [-0.39, 0.29) is 5.82 Å². The standard InChI is InChI=1S/C17H18Cl2FN/c1-3-6-21-10-13-5-4-12(8-15(13)18)14-7-11(2)17(20)9-16(14)19/h4-5,7-9,21H,3,6,10H2,1-2H3. The molecule has 0 amide bonds. The van der Waals surface area contributed by atoms with E-state index in [2.05, 4.69) is 12.2 Å². The van der Waals surface area contributed by atoms with Gasteiger partial charge in [0.2, 0.25) is 0 Å². The van der Waals surface area contributed by atoms with Gasteiger partial charge in [0.25, 0.3) is 0 Å². The van der Waals surface area contributed by atoms with E-state index < -0.39 is 0 Å². The highest BCUT2D eigenvalue weighted by atomic mass is 35.5. The Balaban J connectivity index is 2.30. The molecule has 0 bridgehead atoms. The van der Waals surface area contributed by atoms with Crippen LogP contribution < -0.4 is 5.32 Å². The minimum absolute atomic E-state index is 0.296. The Kier molecular flexibility index (Phi) is 5.63. The molecule has 112 valence electrons. The lowest BCUT2D eigenvalue weighted by molar-refractivity contribution is 0.619. The summed E-state index contributed by atoms with van der Waals surface area (Å²) in [6, 6.07) is 8.92. The maximum absolute atomic E-state index is 13.5. The molecule has 2 rings (SSSR count). The molecule has 0 heterocycles. The molecular weight excluding hydrogens is 308 g/mol. The molecule has 0 unspecified atom stereocenters. The fourth-order valence-electron chi connectivity index (χ4n) is 2.14. The first-order valence-corrected chi connectivity index (χ1v) is 7.73. The average Bonchev–Trinajstić information content (AvgIpc) is 2.45. The van der Waals surface area contributed by atoms with Gasteiger partial charge in [-0.1, -0.05) is 42.3 Å². The van der Waals surface area contributed by atoms with Crippen molar-refractivity contribution in [1.29, 1.82) is 0 Å². The van der Waals surface area contributed by atoms with Crippen LogP contribution in [-0.2, 0) is 6.54 Å². The van der Waals surface area contributed by atoms with E-state index in [1.54, 1.807) is 13.0 Å². The second kappa shape index (κ2) is 7.26. The van der Waals surface area contributed by atoms with Gasteiger partial charge in [0.05, 0.1) is 5.02 Å². The van der Waals surface area contributed by atoms with E-state index in [9.17, 15) is 4.39 Å². The minimum Gasteiger partial charge on any atom is -0.313 e. The molecule has 2 aromatic carbocycles. The monoisotopic (exact) mass is 325 g/mol. The van der Waals surface area contributed by atoms with Crippen LogP contribution in [0.15, 0.2) is 30.3 Å². The van der Waals surface area contributed by atoms with Crippen molar-refractivity contribution in [3.05, 3.63) is 57.3 Å². The molecule has 2 aromatic rings. The summed E-state index contributed by atoms with van der Waals surface area (Å²) in [6.07, 6.45) is 1.08. The molecule has 0 radical (unpaired) electrons. The van der Waals surface area contributed by atoms with Gasteiger partial charge >= 0.3 is 0 Å². The molecule has 0 saturated carbocycles. The Morgan fingerprint density at radius 2 is 1.86 bits per heavy atom. The average molecular weight is 326 g/mol. The molecule has 0 spiro atoms. The summed E-state index contributed by atoms with van der Waals surface area (Å²) in [5.74, 6) is -0.296. The molecule has 0 aliphatic heterocycles. The molecule has 0 aromatic heterocycles. The third-order valence-electron chi connectivity index (χ3n) is 3.35. The minimum atomic E-state index is -0.296. The molecule has 0 aliphatic carbocycles. The summed E-state index contributed by atoms with van der Waals surface area (Å²) in [6.45, 7) is 5.54. The van der Waals surface area contributed by atoms with Crippen molar-refractivity contribution < 1.29 is 4.39 Å². The zero-order valence-electron chi connectivity index (χ0n) is 12.1. The van der Waals surface area contributed by atoms with Crippen molar-refractivity contribution in [3.8, 4) is 11.1 Å². The highest BCUT2D eigenvalue weighted by molar-refractivity contribution is 6.34. The van der Waals surface area contributed by atoms with Crippen molar-refractivity contribution in [2.24, 2.45) is 0 Å². The Morgan fingerprint density at radius 1 is 1.10 bits per heavy atom. The normalized spacial score (nSPS) is 10.9. The van der Waals surface area contributed by atoms with Crippen LogP contribution in [-0.4, -0.2) is 6.54 Å². The molecule has 0 atom stereocenters. The highest BCUT2D eigenvalue weighted by Crippen LogP contribution is 2.32. The molecule has 1 nitrogen and oxygen atoms in total. The van der Waals surface area contributed by atoms with Gasteiger partial charge in [0.15, 0.2) is 0 Å².